The van der Waals surface area contributed by atoms with Crippen molar-refractivity contribution < 1.29 is 9.52 Å². The van der Waals surface area contributed by atoms with E-state index in [2.05, 4.69) is 10.2 Å². The van der Waals surface area contributed by atoms with Crippen LogP contribution in [0.2, 0.25) is 0 Å². The number of aliphatic hydroxyl groups is 1. The monoisotopic (exact) mass is 298 g/mol. The van der Waals surface area contributed by atoms with Crippen LogP contribution in [0, 0.1) is 4.84 Å². The van der Waals surface area contributed by atoms with Crippen molar-refractivity contribution in [2.24, 2.45) is 0 Å². The highest BCUT2D eigenvalue weighted by Gasteiger charge is 2.33. The molecule has 106 valence electrons. The molecule has 0 saturated heterocycles. The zero-order valence-electron chi connectivity index (χ0n) is 11.2. The summed E-state index contributed by atoms with van der Waals surface area (Å²) in [6, 6.07) is 18.9. The average Bonchev–Trinajstić information content (AvgIpc) is 2.94. The van der Waals surface area contributed by atoms with E-state index in [1.807, 2.05) is 60.7 Å². The first kappa shape index (κ1) is 13.7. The molecule has 21 heavy (non-hydrogen) atoms. The molecule has 0 radical (unpaired) electrons. The predicted molar refractivity (Wildman–Crippen MR) is 81.3 cm³/mol. The number of benzene rings is 2. The minimum Gasteiger partial charge on any atom is -0.414 e. The van der Waals surface area contributed by atoms with Gasteiger partial charge >= 0.3 is 0 Å². The molecule has 2 N–H and O–H groups in total. The second-order valence-corrected chi connectivity index (χ2v) is 5.15. The Kier molecular flexibility index (Phi) is 3.68. The van der Waals surface area contributed by atoms with Gasteiger partial charge in [-0.2, -0.15) is 0 Å². The van der Waals surface area contributed by atoms with Crippen LogP contribution in [0.5, 0.6) is 0 Å². The molecule has 0 fully saturated rings. The van der Waals surface area contributed by atoms with Gasteiger partial charge in [-0.25, -0.2) is 5.10 Å². The lowest BCUT2D eigenvalue weighted by Gasteiger charge is -2.28. The number of aromatic nitrogens is 2. The quantitative estimate of drug-likeness (QED) is 0.726. The fourth-order valence-corrected chi connectivity index (χ4v) is 2.50. The Morgan fingerprint density at radius 1 is 1.00 bits per heavy atom. The van der Waals surface area contributed by atoms with Crippen LogP contribution in [0.15, 0.2) is 65.1 Å². The Labute approximate surface area is 127 Å². The highest BCUT2D eigenvalue weighted by molar-refractivity contribution is 7.71. The van der Waals surface area contributed by atoms with E-state index in [9.17, 15) is 5.11 Å². The summed E-state index contributed by atoms with van der Waals surface area (Å²) >= 11 is 4.89. The molecule has 4 nitrogen and oxygen atoms in total. The van der Waals surface area contributed by atoms with Crippen LogP contribution in [-0.2, 0) is 12.0 Å². The second kappa shape index (κ2) is 5.63. The first-order chi connectivity index (χ1) is 10.2. The summed E-state index contributed by atoms with van der Waals surface area (Å²) in [6.07, 6.45) is 0.203. The summed E-state index contributed by atoms with van der Waals surface area (Å²) in [5, 5.41) is 17.8. The van der Waals surface area contributed by atoms with E-state index in [4.69, 9.17) is 16.6 Å². The van der Waals surface area contributed by atoms with E-state index in [1.165, 1.54) is 0 Å². The fourth-order valence-electron chi connectivity index (χ4n) is 2.35. The van der Waals surface area contributed by atoms with Crippen LogP contribution < -0.4 is 0 Å². The van der Waals surface area contributed by atoms with Gasteiger partial charge in [0.05, 0.1) is 6.42 Å². The summed E-state index contributed by atoms with van der Waals surface area (Å²) in [7, 11) is 0. The van der Waals surface area contributed by atoms with Gasteiger partial charge in [0.1, 0.15) is 5.60 Å². The summed E-state index contributed by atoms with van der Waals surface area (Å²) in [4.78, 5) is 0.202. The Bertz CT molecular complexity index is 726. The SMILES string of the molecule is OC(Cc1n[nH]c(=S)o1)(c1ccccc1)c1ccccc1. The van der Waals surface area contributed by atoms with Gasteiger partial charge in [0.2, 0.25) is 5.89 Å². The summed E-state index contributed by atoms with van der Waals surface area (Å²) in [6.45, 7) is 0. The maximum atomic E-state index is 11.3. The lowest BCUT2D eigenvalue weighted by atomic mass is 9.83. The van der Waals surface area contributed by atoms with Crippen LogP contribution in [0.3, 0.4) is 0 Å². The first-order valence-electron chi connectivity index (χ1n) is 6.56. The number of hydrogen-bond donors (Lipinski definition) is 2. The van der Waals surface area contributed by atoms with Crippen LogP contribution >= 0.6 is 12.2 Å². The maximum Gasteiger partial charge on any atom is 0.284 e. The molecule has 0 aliphatic rings. The van der Waals surface area contributed by atoms with Gasteiger partial charge in [0.25, 0.3) is 4.84 Å². The maximum absolute atomic E-state index is 11.3. The molecule has 0 amide bonds. The Morgan fingerprint density at radius 3 is 1.95 bits per heavy atom. The molecule has 1 heterocycles. The zero-order valence-corrected chi connectivity index (χ0v) is 12.0. The molecule has 3 aromatic rings. The van der Waals surface area contributed by atoms with Crippen LogP contribution in [-0.4, -0.2) is 15.3 Å². The third kappa shape index (κ3) is 2.79. The first-order valence-corrected chi connectivity index (χ1v) is 6.97. The minimum atomic E-state index is -1.22. The zero-order chi connectivity index (χ0) is 14.7. The topological polar surface area (TPSA) is 62.1 Å². The van der Waals surface area contributed by atoms with Gasteiger partial charge in [0, 0.05) is 0 Å². The summed E-state index contributed by atoms with van der Waals surface area (Å²) < 4.78 is 5.31. The molecule has 0 spiro atoms. The number of aromatic amines is 1. The molecule has 0 atom stereocenters. The van der Waals surface area contributed by atoms with Gasteiger partial charge in [-0.15, -0.1) is 5.10 Å². The van der Waals surface area contributed by atoms with E-state index in [-0.39, 0.29) is 11.3 Å². The van der Waals surface area contributed by atoms with Gasteiger partial charge in [-0.3, -0.25) is 0 Å². The lowest BCUT2D eigenvalue weighted by molar-refractivity contribution is 0.0735. The molecule has 0 unspecified atom stereocenters. The molecule has 0 aliphatic heterocycles. The van der Waals surface area contributed by atoms with Crippen molar-refractivity contribution in [2.45, 2.75) is 12.0 Å². The van der Waals surface area contributed by atoms with Gasteiger partial charge in [-0.1, -0.05) is 60.7 Å². The number of nitrogens with one attached hydrogen (secondary N) is 1. The summed E-state index contributed by atoms with van der Waals surface area (Å²) in [5.41, 5.74) is 0.337. The van der Waals surface area contributed by atoms with Gasteiger partial charge in [-0.05, 0) is 23.3 Å². The number of H-pyrrole nitrogens is 1. The van der Waals surface area contributed by atoms with Crippen molar-refractivity contribution in [3.63, 3.8) is 0 Å². The highest BCUT2D eigenvalue weighted by atomic mass is 32.1. The van der Waals surface area contributed by atoms with Crippen LogP contribution in [0.1, 0.15) is 17.0 Å². The number of hydrogen-bond acceptors (Lipinski definition) is 4. The molecule has 0 aliphatic carbocycles. The predicted octanol–water partition coefficient (Wildman–Crippen LogP) is 3.21. The largest absolute Gasteiger partial charge is 0.414 e. The smallest absolute Gasteiger partial charge is 0.284 e. The van der Waals surface area contributed by atoms with Crippen molar-refractivity contribution in [1.82, 2.24) is 10.2 Å². The molecule has 1 aromatic heterocycles. The van der Waals surface area contributed by atoms with Crippen molar-refractivity contribution >= 4 is 12.2 Å². The standard InChI is InChI=1S/C16H14N2O2S/c19-16(12-7-3-1-4-8-12,13-9-5-2-6-10-13)11-14-17-18-15(21)20-14/h1-10,19H,11H2,(H,18,21). The minimum absolute atomic E-state index is 0.202. The Hall–Kier alpha value is -2.24. The number of nitrogens with zero attached hydrogens (tertiary/aromatic N) is 1. The molecule has 3 rings (SSSR count). The Morgan fingerprint density at radius 2 is 1.52 bits per heavy atom. The number of rotatable bonds is 4. The highest BCUT2D eigenvalue weighted by Crippen LogP contribution is 2.32. The third-order valence-corrected chi connectivity index (χ3v) is 3.57. The average molecular weight is 298 g/mol. The van der Waals surface area contributed by atoms with Crippen molar-refractivity contribution in [3.8, 4) is 0 Å². The molecular formula is C16H14N2O2S. The molecule has 0 bridgehead atoms. The molecule has 5 heteroatoms. The Balaban J connectivity index is 2.09. The lowest BCUT2D eigenvalue weighted by Crippen LogP contribution is -2.30. The van der Waals surface area contributed by atoms with Crippen molar-refractivity contribution in [1.29, 1.82) is 0 Å². The van der Waals surface area contributed by atoms with Gasteiger partial charge in [0.15, 0.2) is 0 Å². The van der Waals surface area contributed by atoms with E-state index < -0.39 is 5.60 Å². The van der Waals surface area contributed by atoms with E-state index >= 15 is 0 Å². The normalized spacial score (nSPS) is 11.5. The van der Waals surface area contributed by atoms with Crippen molar-refractivity contribution in [2.75, 3.05) is 0 Å². The van der Waals surface area contributed by atoms with E-state index in [0.29, 0.717) is 5.89 Å². The van der Waals surface area contributed by atoms with Gasteiger partial charge < -0.3 is 9.52 Å². The summed E-state index contributed by atoms with van der Waals surface area (Å²) in [5.74, 6) is 0.371. The molecule has 2 aromatic carbocycles. The van der Waals surface area contributed by atoms with Crippen molar-refractivity contribution in [3.05, 3.63) is 82.5 Å². The van der Waals surface area contributed by atoms with Crippen LogP contribution in [0.25, 0.3) is 0 Å². The van der Waals surface area contributed by atoms with E-state index in [0.717, 1.165) is 11.1 Å². The third-order valence-electron chi connectivity index (χ3n) is 3.39. The second-order valence-electron chi connectivity index (χ2n) is 4.78. The van der Waals surface area contributed by atoms with E-state index in [1.54, 1.807) is 0 Å². The molecular weight excluding hydrogens is 284 g/mol. The van der Waals surface area contributed by atoms with Crippen LogP contribution in [0.4, 0.5) is 0 Å². The fraction of sp³-hybridized carbons (Fsp3) is 0.125. The molecule has 0 saturated carbocycles.